The van der Waals surface area contributed by atoms with E-state index in [4.69, 9.17) is 4.74 Å². The standard InChI is InChI=1S/C26H28N4O4S/c1-34-19-13-11-18(12-14-19)30-23(31)15-22(25(30)33)29(17-7-3-2-4-8-17)24(32)16-35-26-27-20-9-5-6-10-21(20)28-26/h5-6,9-14,17,22H,2-4,7-8,15-16H2,1H3,(H,27,28). The molecule has 1 saturated heterocycles. The van der Waals surface area contributed by atoms with Gasteiger partial charge in [0.2, 0.25) is 11.8 Å². The maximum Gasteiger partial charge on any atom is 0.257 e. The summed E-state index contributed by atoms with van der Waals surface area (Å²) in [6.45, 7) is 0. The Hall–Kier alpha value is -3.33. The van der Waals surface area contributed by atoms with E-state index in [0.717, 1.165) is 43.1 Å². The van der Waals surface area contributed by atoms with Crippen LogP contribution in [0.25, 0.3) is 11.0 Å². The minimum atomic E-state index is -0.781. The van der Waals surface area contributed by atoms with Crippen LogP contribution in [0.5, 0.6) is 5.75 Å². The van der Waals surface area contributed by atoms with Gasteiger partial charge in [-0.05, 0) is 49.2 Å². The summed E-state index contributed by atoms with van der Waals surface area (Å²) >= 11 is 1.33. The number of hydrogen-bond donors (Lipinski definition) is 1. The predicted octanol–water partition coefficient (Wildman–Crippen LogP) is 4.16. The molecule has 2 fully saturated rings. The minimum Gasteiger partial charge on any atom is -0.497 e. The molecule has 5 rings (SSSR count). The Morgan fingerprint density at radius 3 is 2.57 bits per heavy atom. The molecule has 9 heteroatoms. The number of para-hydroxylation sites is 2. The summed E-state index contributed by atoms with van der Waals surface area (Å²) in [5.74, 6) is 0.0317. The zero-order chi connectivity index (χ0) is 24.4. The number of anilines is 1. The molecule has 1 aliphatic heterocycles. The highest BCUT2D eigenvalue weighted by atomic mass is 32.2. The van der Waals surface area contributed by atoms with E-state index in [1.54, 1.807) is 36.3 Å². The van der Waals surface area contributed by atoms with Crippen LogP contribution in [0.4, 0.5) is 5.69 Å². The maximum atomic E-state index is 13.6. The van der Waals surface area contributed by atoms with Crippen LogP contribution in [0.2, 0.25) is 0 Å². The number of rotatable bonds is 7. The van der Waals surface area contributed by atoms with Crippen molar-refractivity contribution >= 4 is 46.2 Å². The summed E-state index contributed by atoms with van der Waals surface area (Å²) in [7, 11) is 1.56. The van der Waals surface area contributed by atoms with Crippen LogP contribution >= 0.6 is 11.8 Å². The molecule has 2 aliphatic rings. The van der Waals surface area contributed by atoms with Gasteiger partial charge in [-0.3, -0.25) is 14.4 Å². The highest BCUT2D eigenvalue weighted by molar-refractivity contribution is 7.99. The Kier molecular flexibility index (Phi) is 6.77. The molecule has 2 aromatic carbocycles. The quantitative estimate of drug-likeness (QED) is 0.393. The SMILES string of the molecule is COc1ccc(N2C(=O)CC(N(C(=O)CSc3nc4ccccc4[nH]3)C3CCCCC3)C2=O)cc1. The van der Waals surface area contributed by atoms with E-state index in [1.807, 2.05) is 24.3 Å². The second kappa shape index (κ2) is 10.1. The molecule has 0 spiro atoms. The van der Waals surface area contributed by atoms with Gasteiger partial charge in [0, 0.05) is 6.04 Å². The van der Waals surface area contributed by atoms with Crippen LogP contribution in [0.15, 0.2) is 53.7 Å². The number of imidazole rings is 1. The fourth-order valence-corrected chi connectivity index (χ4v) is 5.78. The number of fused-ring (bicyclic) bond motifs is 1. The van der Waals surface area contributed by atoms with Crippen molar-refractivity contribution in [1.29, 1.82) is 0 Å². The number of aromatic nitrogens is 2. The monoisotopic (exact) mass is 492 g/mol. The largest absolute Gasteiger partial charge is 0.497 e. The topological polar surface area (TPSA) is 95.6 Å². The molecule has 0 bridgehead atoms. The lowest BCUT2D eigenvalue weighted by molar-refractivity contribution is -0.139. The van der Waals surface area contributed by atoms with Gasteiger partial charge >= 0.3 is 0 Å². The number of thioether (sulfide) groups is 1. The fraction of sp³-hybridized carbons (Fsp3) is 0.385. The fourth-order valence-electron chi connectivity index (χ4n) is 5.03. The van der Waals surface area contributed by atoms with Gasteiger partial charge < -0.3 is 14.6 Å². The van der Waals surface area contributed by atoms with E-state index >= 15 is 0 Å². The number of nitrogens with one attached hydrogen (secondary N) is 1. The lowest BCUT2D eigenvalue weighted by atomic mass is 9.92. The van der Waals surface area contributed by atoms with Gasteiger partial charge in [-0.2, -0.15) is 0 Å². The summed E-state index contributed by atoms with van der Waals surface area (Å²) in [6.07, 6.45) is 4.86. The van der Waals surface area contributed by atoms with Crippen molar-refractivity contribution in [1.82, 2.24) is 14.9 Å². The van der Waals surface area contributed by atoms with Crippen LogP contribution in [0.1, 0.15) is 38.5 Å². The first kappa shape index (κ1) is 23.4. The first-order valence-electron chi connectivity index (χ1n) is 11.9. The number of amides is 3. The van der Waals surface area contributed by atoms with Crippen LogP contribution in [-0.2, 0) is 14.4 Å². The van der Waals surface area contributed by atoms with Crippen LogP contribution in [0.3, 0.4) is 0 Å². The average molecular weight is 493 g/mol. The van der Waals surface area contributed by atoms with Crippen LogP contribution < -0.4 is 9.64 Å². The van der Waals surface area contributed by atoms with Gasteiger partial charge in [-0.25, -0.2) is 9.88 Å². The van der Waals surface area contributed by atoms with Crippen molar-refractivity contribution in [3.63, 3.8) is 0 Å². The lowest BCUT2D eigenvalue weighted by Gasteiger charge is -2.37. The normalized spacial score (nSPS) is 18.9. The number of imide groups is 1. The molecule has 1 unspecified atom stereocenters. The first-order valence-corrected chi connectivity index (χ1v) is 12.9. The van der Waals surface area contributed by atoms with E-state index in [2.05, 4.69) is 9.97 Å². The molecule has 35 heavy (non-hydrogen) atoms. The third-order valence-corrected chi connectivity index (χ3v) is 7.60. The van der Waals surface area contributed by atoms with Crippen molar-refractivity contribution in [2.45, 2.75) is 55.8 Å². The molecule has 1 N–H and O–H groups in total. The summed E-state index contributed by atoms with van der Waals surface area (Å²) < 4.78 is 5.19. The molecule has 1 aromatic heterocycles. The van der Waals surface area contributed by atoms with Crippen LogP contribution in [-0.4, -0.2) is 57.5 Å². The Labute approximate surface area is 208 Å². The van der Waals surface area contributed by atoms with Gasteiger partial charge in [0.1, 0.15) is 11.8 Å². The number of aromatic amines is 1. The van der Waals surface area contributed by atoms with Crippen LogP contribution in [0, 0.1) is 0 Å². The minimum absolute atomic E-state index is 0.00239. The molecule has 3 aromatic rings. The van der Waals surface area contributed by atoms with Crippen molar-refractivity contribution in [3.05, 3.63) is 48.5 Å². The number of carbonyl (C=O) groups excluding carboxylic acids is 3. The van der Waals surface area contributed by atoms with Crippen molar-refractivity contribution in [3.8, 4) is 5.75 Å². The second-order valence-corrected chi connectivity index (χ2v) is 9.89. The van der Waals surface area contributed by atoms with Gasteiger partial charge in [-0.15, -0.1) is 0 Å². The van der Waals surface area contributed by atoms with E-state index in [0.29, 0.717) is 16.6 Å². The highest BCUT2D eigenvalue weighted by Crippen LogP contribution is 2.32. The number of nitrogens with zero attached hydrogens (tertiary/aromatic N) is 3. The summed E-state index contributed by atoms with van der Waals surface area (Å²) in [4.78, 5) is 50.7. The third kappa shape index (κ3) is 4.77. The Morgan fingerprint density at radius 2 is 1.86 bits per heavy atom. The number of hydrogen-bond acceptors (Lipinski definition) is 6. The number of ether oxygens (including phenoxy) is 1. The van der Waals surface area contributed by atoms with Gasteiger partial charge in [0.15, 0.2) is 5.16 Å². The van der Waals surface area contributed by atoms with E-state index < -0.39 is 6.04 Å². The highest BCUT2D eigenvalue weighted by Gasteiger charge is 2.46. The third-order valence-electron chi connectivity index (χ3n) is 6.75. The molecule has 1 atom stereocenters. The number of methoxy groups -OCH3 is 1. The smallest absolute Gasteiger partial charge is 0.257 e. The Bertz CT molecular complexity index is 1200. The van der Waals surface area contributed by atoms with Crippen molar-refractivity contribution in [2.24, 2.45) is 0 Å². The average Bonchev–Trinajstić information content (AvgIpc) is 3.43. The number of H-pyrrole nitrogens is 1. The zero-order valence-electron chi connectivity index (χ0n) is 19.6. The number of benzene rings is 2. The lowest BCUT2D eigenvalue weighted by Crippen LogP contribution is -2.52. The Morgan fingerprint density at radius 1 is 1.11 bits per heavy atom. The van der Waals surface area contributed by atoms with E-state index in [-0.39, 0.29) is 35.9 Å². The second-order valence-electron chi connectivity index (χ2n) is 8.93. The molecule has 1 aliphatic carbocycles. The van der Waals surface area contributed by atoms with Gasteiger partial charge in [0.25, 0.3) is 5.91 Å². The van der Waals surface area contributed by atoms with E-state index in [9.17, 15) is 14.4 Å². The molecular formula is C26H28N4O4S. The molecular weight excluding hydrogens is 464 g/mol. The molecule has 182 valence electrons. The predicted molar refractivity (Wildman–Crippen MR) is 134 cm³/mol. The summed E-state index contributed by atoms with van der Waals surface area (Å²) in [6, 6.07) is 13.7. The van der Waals surface area contributed by atoms with Gasteiger partial charge in [0.05, 0.1) is 36.0 Å². The molecule has 0 radical (unpaired) electrons. The van der Waals surface area contributed by atoms with Crippen molar-refractivity contribution < 1.29 is 19.1 Å². The summed E-state index contributed by atoms with van der Waals surface area (Å²) in [5, 5.41) is 0.664. The molecule has 2 heterocycles. The molecule has 3 amide bonds. The maximum absolute atomic E-state index is 13.6. The first-order chi connectivity index (χ1) is 17.0. The number of carbonyl (C=O) groups is 3. The molecule has 8 nitrogen and oxygen atoms in total. The Balaban J connectivity index is 1.36. The van der Waals surface area contributed by atoms with Gasteiger partial charge in [-0.1, -0.05) is 43.2 Å². The van der Waals surface area contributed by atoms with E-state index in [1.165, 1.54) is 16.7 Å². The summed E-state index contributed by atoms with van der Waals surface area (Å²) in [5.41, 5.74) is 2.26. The zero-order valence-corrected chi connectivity index (χ0v) is 20.4. The molecule has 1 saturated carbocycles. The van der Waals surface area contributed by atoms with Crippen molar-refractivity contribution in [2.75, 3.05) is 17.8 Å².